The summed E-state index contributed by atoms with van der Waals surface area (Å²) in [5.41, 5.74) is 5.93. The van der Waals surface area contributed by atoms with Crippen molar-refractivity contribution in [2.24, 2.45) is 11.7 Å². The Labute approximate surface area is 119 Å². The fraction of sp³-hybridized carbons (Fsp3) is 0.692. The van der Waals surface area contributed by atoms with Gasteiger partial charge in [-0.1, -0.05) is 0 Å². The van der Waals surface area contributed by atoms with E-state index in [-0.39, 0.29) is 12.0 Å². The quantitative estimate of drug-likeness (QED) is 0.930. The summed E-state index contributed by atoms with van der Waals surface area (Å²) < 4.78 is 27.0. The molecule has 0 unspecified atom stereocenters. The molecule has 1 fully saturated rings. The van der Waals surface area contributed by atoms with Gasteiger partial charge >= 0.3 is 0 Å². The van der Waals surface area contributed by atoms with Crippen LogP contribution in [0.1, 0.15) is 29.5 Å². The van der Waals surface area contributed by atoms with Crippen LogP contribution in [0.5, 0.6) is 0 Å². The van der Waals surface area contributed by atoms with Crippen LogP contribution in [0.15, 0.2) is 11.0 Å². The Morgan fingerprint density at radius 1 is 1.47 bits per heavy atom. The maximum atomic E-state index is 12.7. The third-order valence-electron chi connectivity index (χ3n) is 3.78. The highest BCUT2D eigenvalue weighted by Crippen LogP contribution is 2.30. The van der Waals surface area contributed by atoms with Crippen LogP contribution < -0.4 is 5.73 Å². The number of piperidine rings is 1. The maximum Gasteiger partial charge on any atom is 0.244 e. The predicted molar refractivity (Wildman–Crippen MR) is 78.9 cm³/mol. The Morgan fingerprint density at radius 3 is 2.68 bits per heavy atom. The van der Waals surface area contributed by atoms with Crippen LogP contribution in [-0.2, 0) is 10.0 Å². The van der Waals surface area contributed by atoms with Gasteiger partial charge in [0.05, 0.1) is 4.90 Å². The van der Waals surface area contributed by atoms with Crippen molar-refractivity contribution >= 4 is 21.4 Å². The minimum atomic E-state index is -3.35. The molecular formula is C13H22N2O2S2. The maximum absolute atomic E-state index is 12.7. The van der Waals surface area contributed by atoms with Gasteiger partial charge in [0.2, 0.25) is 10.0 Å². The van der Waals surface area contributed by atoms with Crippen LogP contribution >= 0.6 is 11.3 Å². The van der Waals surface area contributed by atoms with Crippen LogP contribution in [-0.4, -0.2) is 31.9 Å². The SMILES string of the molecule is Cc1cc(S(=O)(=O)N2CCC[C@@H]([C@H](C)N)C2)c(C)s1. The first kappa shape index (κ1) is 15.0. The van der Waals surface area contributed by atoms with Crippen molar-refractivity contribution in [2.75, 3.05) is 13.1 Å². The van der Waals surface area contributed by atoms with Gasteiger partial charge in [0.15, 0.2) is 0 Å². The van der Waals surface area contributed by atoms with Crippen LogP contribution in [0.25, 0.3) is 0 Å². The van der Waals surface area contributed by atoms with Gasteiger partial charge in [0, 0.05) is 28.9 Å². The molecule has 0 radical (unpaired) electrons. The van der Waals surface area contributed by atoms with Crippen LogP contribution in [0.4, 0.5) is 0 Å². The van der Waals surface area contributed by atoms with E-state index in [9.17, 15) is 8.42 Å². The van der Waals surface area contributed by atoms with Gasteiger partial charge in [0.25, 0.3) is 0 Å². The van der Waals surface area contributed by atoms with E-state index in [4.69, 9.17) is 5.73 Å². The van der Waals surface area contributed by atoms with Crippen molar-refractivity contribution in [3.63, 3.8) is 0 Å². The molecule has 1 aromatic rings. The van der Waals surface area contributed by atoms with Gasteiger partial charge in [-0.2, -0.15) is 4.31 Å². The molecule has 2 atom stereocenters. The molecule has 0 aliphatic carbocycles. The molecule has 1 aromatic heterocycles. The van der Waals surface area contributed by atoms with E-state index in [0.29, 0.717) is 18.0 Å². The summed E-state index contributed by atoms with van der Waals surface area (Å²) in [7, 11) is -3.35. The van der Waals surface area contributed by atoms with E-state index in [2.05, 4.69) is 0 Å². The lowest BCUT2D eigenvalue weighted by atomic mass is 9.93. The monoisotopic (exact) mass is 302 g/mol. The number of thiophene rings is 1. The highest BCUT2D eigenvalue weighted by atomic mass is 32.2. The van der Waals surface area contributed by atoms with Crippen molar-refractivity contribution in [1.82, 2.24) is 4.31 Å². The molecule has 2 heterocycles. The average molecular weight is 302 g/mol. The molecule has 0 saturated carbocycles. The Bertz CT molecular complexity index is 549. The van der Waals surface area contributed by atoms with E-state index in [0.717, 1.165) is 22.6 Å². The summed E-state index contributed by atoms with van der Waals surface area (Å²) in [6.07, 6.45) is 1.92. The smallest absolute Gasteiger partial charge is 0.244 e. The number of hydrogen-bond donors (Lipinski definition) is 1. The Morgan fingerprint density at radius 2 is 2.16 bits per heavy atom. The summed E-state index contributed by atoms with van der Waals surface area (Å²) in [5, 5.41) is 0. The molecule has 1 aliphatic heterocycles. The molecule has 2 N–H and O–H groups in total. The second kappa shape index (κ2) is 5.52. The second-order valence-electron chi connectivity index (χ2n) is 5.40. The first-order valence-corrected chi connectivity index (χ1v) is 8.91. The van der Waals surface area contributed by atoms with E-state index in [1.807, 2.05) is 20.8 Å². The molecule has 1 saturated heterocycles. The summed E-state index contributed by atoms with van der Waals surface area (Å²) in [6, 6.07) is 1.83. The summed E-state index contributed by atoms with van der Waals surface area (Å²) >= 11 is 1.54. The molecule has 0 spiro atoms. The zero-order valence-corrected chi connectivity index (χ0v) is 13.4. The molecular weight excluding hydrogens is 280 g/mol. The number of rotatable bonds is 3. The molecule has 1 aliphatic rings. The van der Waals surface area contributed by atoms with E-state index >= 15 is 0 Å². The normalized spacial score (nSPS) is 23.5. The van der Waals surface area contributed by atoms with Crippen molar-refractivity contribution in [1.29, 1.82) is 0 Å². The summed E-state index contributed by atoms with van der Waals surface area (Å²) in [6.45, 7) is 6.93. The summed E-state index contributed by atoms with van der Waals surface area (Å²) in [5.74, 6) is 0.267. The topological polar surface area (TPSA) is 63.4 Å². The minimum absolute atomic E-state index is 0.0447. The van der Waals surface area contributed by atoms with Gasteiger partial charge in [-0.25, -0.2) is 8.42 Å². The predicted octanol–water partition coefficient (Wildman–Crippen LogP) is 2.11. The molecule has 19 heavy (non-hydrogen) atoms. The van der Waals surface area contributed by atoms with E-state index in [1.54, 1.807) is 10.4 Å². The molecule has 4 nitrogen and oxygen atoms in total. The Kier molecular flexibility index (Phi) is 4.35. The number of sulfonamides is 1. The van der Waals surface area contributed by atoms with Crippen LogP contribution in [0.3, 0.4) is 0 Å². The molecule has 6 heteroatoms. The van der Waals surface area contributed by atoms with E-state index < -0.39 is 10.0 Å². The van der Waals surface area contributed by atoms with Crippen molar-refractivity contribution in [2.45, 2.75) is 44.6 Å². The van der Waals surface area contributed by atoms with Crippen LogP contribution in [0.2, 0.25) is 0 Å². The number of nitrogens with zero attached hydrogens (tertiary/aromatic N) is 1. The van der Waals surface area contributed by atoms with Crippen molar-refractivity contribution in [3.8, 4) is 0 Å². The summed E-state index contributed by atoms with van der Waals surface area (Å²) in [4.78, 5) is 2.39. The third-order valence-corrected chi connectivity index (χ3v) is 6.86. The Balaban J connectivity index is 2.27. The number of hydrogen-bond acceptors (Lipinski definition) is 4. The zero-order valence-electron chi connectivity index (χ0n) is 11.7. The van der Waals surface area contributed by atoms with Gasteiger partial charge in [-0.3, -0.25) is 0 Å². The zero-order chi connectivity index (χ0) is 14.2. The lowest BCUT2D eigenvalue weighted by Crippen LogP contribution is -2.44. The van der Waals surface area contributed by atoms with Gasteiger partial charge < -0.3 is 5.73 Å². The van der Waals surface area contributed by atoms with Crippen molar-refractivity contribution in [3.05, 3.63) is 15.8 Å². The largest absolute Gasteiger partial charge is 0.328 e. The fourth-order valence-electron chi connectivity index (χ4n) is 2.62. The third kappa shape index (κ3) is 3.02. The number of nitrogens with two attached hydrogens (primary N) is 1. The van der Waals surface area contributed by atoms with Crippen molar-refractivity contribution < 1.29 is 8.42 Å². The highest BCUT2D eigenvalue weighted by molar-refractivity contribution is 7.89. The van der Waals surface area contributed by atoms with Gasteiger partial charge in [-0.05, 0) is 45.6 Å². The number of aryl methyl sites for hydroxylation is 2. The Hall–Kier alpha value is -0.430. The first-order chi connectivity index (χ1) is 8.82. The molecule has 108 valence electrons. The fourth-order valence-corrected chi connectivity index (χ4v) is 5.68. The average Bonchev–Trinajstić information content (AvgIpc) is 2.69. The highest BCUT2D eigenvalue weighted by Gasteiger charge is 2.32. The molecule has 0 amide bonds. The first-order valence-electron chi connectivity index (χ1n) is 6.65. The molecule has 0 aromatic carbocycles. The lowest BCUT2D eigenvalue weighted by Gasteiger charge is -2.33. The standard InChI is InChI=1S/C13H22N2O2S2/c1-9-7-13(11(3)18-9)19(16,17)15-6-4-5-12(8-15)10(2)14/h7,10,12H,4-6,8,14H2,1-3H3/t10-,12+/m0/s1. The van der Waals surface area contributed by atoms with E-state index in [1.165, 1.54) is 11.3 Å². The second-order valence-corrected chi connectivity index (χ2v) is 8.77. The molecule has 2 rings (SSSR count). The van der Waals surface area contributed by atoms with Gasteiger partial charge in [-0.15, -0.1) is 11.3 Å². The molecule has 0 bridgehead atoms. The minimum Gasteiger partial charge on any atom is -0.328 e. The lowest BCUT2D eigenvalue weighted by molar-refractivity contribution is 0.243. The van der Waals surface area contributed by atoms with Crippen LogP contribution in [0, 0.1) is 19.8 Å². The van der Waals surface area contributed by atoms with Gasteiger partial charge in [0.1, 0.15) is 0 Å².